The van der Waals surface area contributed by atoms with Gasteiger partial charge in [0.2, 0.25) is 0 Å². The molecule has 1 saturated heterocycles. The van der Waals surface area contributed by atoms with E-state index in [4.69, 9.17) is 4.74 Å². The molecule has 27 heavy (non-hydrogen) atoms. The highest BCUT2D eigenvalue weighted by Crippen LogP contribution is 2.51. The van der Waals surface area contributed by atoms with Gasteiger partial charge in [0, 0.05) is 17.6 Å². The quantitative estimate of drug-likeness (QED) is 0.477. The Bertz CT molecular complexity index is 943. The molecule has 142 valence electrons. The van der Waals surface area contributed by atoms with Crippen molar-refractivity contribution >= 4 is 17.5 Å². The van der Waals surface area contributed by atoms with Crippen LogP contribution in [0.4, 0.5) is 0 Å². The first kappa shape index (κ1) is 17.8. The Morgan fingerprint density at radius 2 is 1.78 bits per heavy atom. The van der Waals surface area contributed by atoms with Crippen molar-refractivity contribution in [2.24, 2.45) is 0 Å². The van der Waals surface area contributed by atoms with Crippen molar-refractivity contribution in [1.82, 2.24) is 0 Å². The number of aliphatic hydroxyl groups is 3. The molecule has 2 aliphatic carbocycles. The number of ether oxygens (including phenoxy) is 1. The smallest absolute Gasteiger partial charge is 0.311 e. The van der Waals surface area contributed by atoms with Crippen LogP contribution in [0.3, 0.4) is 0 Å². The Morgan fingerprint density at radius 1 is 1.07 bits per heavy atom. The van der Waals surface area contributed by atoms with Crippen molar-refractivity contribution in [2.75, 3.05) is 0 Å². The molecular weight excluding hydrogens is 356 g/mol. The molecule has 8 nitrogen and oxygen atoms in total. The van der Waals surface area contributed by atoms with E-state index in [1.54, 1.807) is 0 Å². The summed E-state index contributed by atoms with van der Waals surface area (Å²) in [6.45, 7) is 1.32. The minimum Gasteiger partial charge on any atom is -0.507 e. The minimum atomic E-state index is -2.77. The highest BCUT2D eigenvalue weighted by atomic mass is 16.7. The second-order valence-corrected chi connectivity index (χ2v) is 7.71. The fourth-order valence-corrected chi connectivity index (χ4v) is 4.39. The third-order valence-corrected chi connectivity index (χ3v) is 5.54. The molecule has 4 rings (SSSR count). The van der Waals surface area contributed by atoms with Crippen LogP contribution in [0.1, 0.15) is 53.3 Å². The Kier molecular flexibility index (Phi) is 3.47. The Balaban J connectivity index is 1.96. The minimum absolute atomic E-state index is 0.0832. The number of rotatable bonds is 0. The Labute approximate surface area is 153 Å². The van der Waals surface area contributed by atoms with Gasteiger partial charge in [-0.3, -0.25) is 14.4 Å². The van der Waals surface area contributed by atoms with Gasteiger partial charge in [0.05, 0.1) is 23.2 Å². The zero-order valence-electron chi connectivity index (χ0n) is 14.5. The molecule has 1 aromatic rings. The Morgan fingerprint density at radius 3 is 2.48 bits per heavy atom. The van der Waals surface area contributed by atoms with Gasteiger partial charge >= 0.3 is 5.97 Å². The van der Waals surface area contributed by atoms with Crippen molar-refractivity contribution in [3.05, 3.63) is 40.5 Å². The van der Waals surface area contributed by atoms with Gasteiger partial charge < -0.3 is 25.2 Å². The number of carbonyl (C=O) groups excluding carboxylic acids is 3. The molecule has 1 heterocycles. The molecule has 4 N–H and O–H groups in total. The molecule has 3 atom stereocenters. The van der Waals surface area contributed by atoms with Gasteiger partial charge in [-0.2, -0.15) is 0 Å². The fraction of sp³-hybridized carbons (Fsp3) is 0.421. The third kappa shape index (κ3) is 2.30. The summed E-state index contributed by atoms with van der Waals surface area (Å²) in [4.78, 5) is 38.1. The highest BCUT2D eigenvalue weighted by molar-refractivity contribution is 6.28. The summed E-state index contributed by atoms with van der Waals surface area (Å²) in [6, 6.07) is 3.95. The second kappa shape index (κ2) is 5.25. The van der Waals surface area contributed by atoms with Crippen LogP contribution in [0.2, 0.25) is 0 Å². The fourth-order valence-electron chi connectivity index (χ4n) is 4.39. The number of Topliss-reactive ketones (excluding diaryl/α,β-unsaturated/α-hetero) is 2. The number of aromatic hydroxyl groups is 1. The number of esters is 1. The summed E-state index contributed by atoms with van der Waals surface area (Å²) in [7, 11) is 0. The number of benzene rings is 1. The van der Waals surface area contributed by atoms with E-state index in [0.717, 1.165) is 0 Å². The van der Waals surface area contributed by atoms with E-state index >= 15 is 0 Å². The molecule has 0 amide bonds. The monoisotopic (exact) mass is 374 g/mol. The molecular formula is C19H18O8. The molecule has 1 aromatic carbocycles. The lowest BCUT2D eigenvalue weighted by atomic mass is 9.65. The number of fused-ring (bicyclic) bond motifs is 3. The number of ketones is 2. The molecule has 0 saturated carbocycles. The van der Waals surface area contributed by atoms with Gasteiger partial charge in [0.25, 0.3) is 5.79 Å². The number of carbonyl (C=O) groups is 3. The van der Waals surface area contributed by atoms with Gasteiger partial charge in [-0.25, -0.2) is 0 Å². The van der Waals surface area contributed by atoms with E-state index in [1.807, 2.05) is 0 Å². The van der Waals surface area contributed by atoms with Gasteiger partial charge in [0.1, 0.15) is 11.4 Å². The Hall–Kier alpha value is -2.55. The number of hydrogen-bond donors (Lipinski definition) is 4. The predicted octanol–water partition coefficient (Wildman–Crippen LogP) is 0.369. The first-order valence-corrected chi connectivity index (χ1v) is 8.53. The standard InChI is InChI=1S/C19H18O8/c1-17(24)7-12(21)27-19(26)14-10(5-6-18(19,25)8-17)15(22)13-9(16(14)23)3-2-4-11(13)20/h2-4,20,24-26H,5-8H2,1H3/t17-,18-,19+/m0/s1. The van der Waals surface area contributed by atoms with Gasteiger partial charge in [-0.05, 0) is 25.8 Å². The van der Waals surface area contributed by atoms with Gasteiger partial charge in [-0.15, -0.1) is 0 Å². The maximum Gasteiger partial charge on any atom is 0.311 e. The van der Waals surface area contributed by atoms with Crippen molar-refractivity contribution < 1.29 is 39.5 Å². The van der Waals surface area contributed by atoms with Crippen LogP contribution in [-0.4, -0.2) is 55.0 Å². The van der Waals surface area contributed by atoms with Crippen molar-refractivity contribution in [2.45, 2.75) is 49.6 Å². The van der Waals surface area contributed by atoms with E-state index in [1.165, 1.54) is 25.1 Å². The lowest BCUT2D eigenvalue weighted by molar-refractivity contribution is -0.268. The zero-order chi connectivity index (χ0) is 19.8. The number of phenols is 1. The molecule has 1 fully saturated rings. The van der Waals surface area contributed by atoms with Crippen molar-refractivity contribution in [3.8, 4) is 5.75 Å². The molecule has 0 unspecified atom stereocenters. The van der Waals surface area contributed by atoms with E-state index < -0.39 is 52.9 Å². The predicted molar refractivity (Wildman–Crippen MR) is 88.9 cm³/mol. The molecule has 0 radical (unpaired) electrons. The van der Waals surface area contributed by atoms with Gasteiger partial charge in [-0.1, -0.05) is 12.1 Å². The van der Waals surface area contributed by atoms with Crippen LogP contribution in [0.15, 0.2) is 29.3 Å². The van der Waals surface area contributed by atoms with E-state index in [0.29, 0.717) is 0 Å². The molecule has 8 heteroatoms. The molecule has 3 aliphatic rings. The van der Waals surface area contributed by atoms with E-state index in [-0.39, 0.29) is 35.3 Å². The average molecular weight is 374 g/mol. The summed E-state index contributed by atoms with van der Waals surface area (Å²) in [5.41, 5.74) is -4.76. The second-order valence-electron chi connectivity index (χ2n) is 7.71. The molecule has 0 aromatic heterocycles. The highest BCUT2D eigenvalue weighted by Gasteiger charge is 2.65. The summed E-state index contributed by atoms with van der Waals surface area (Å²) in [5.74, 6) is -5.63. The first-order chi connectivity index (χ1) is 12.5. The SMILES string of the molecule is C[C@]1(O)CC(=O)O[C@]2(O)C3=C(CC[C@]2(O)C1)C(=O)c1c(O)cccc1C3=O. The van der Waals surface area contributed by atoms with Crippen LogP contribution in [0.25, 0.3) is 0 Å². The number of hydrogen-bond acceptors (Lipinski definition) is 8. The van der Waals surface area contributed by atoms with Gasteiger partial charge in [0.15, 0.2) is 11.6 Å². The lowest BCUT2D eigenvalue weighted by Gasteiger charge is -2.47. The molecule has 1 aliphatic heterocycles. The summed E-state index contributed by atoms with van der Waals surface area (Å²) in [6.07, 6.45) is -1.21. The van der Waals surface area contributed by atoms with E-state index in [2.05, 4.69) is 0 Å². The summed E-state index contributed by atoms with van der Waals surface area (Å²) >= 11 is 0. The maximum absolute atomic E-state index is 13.1. The van der Waals surface area contributed by atoms with Crippen molar-refractivity contribution in [1.29, 1.82) is 0 Å². The molecule has 0 bridgehead atoms. The average Bonchev–Trinajstić information content (AvgIpc) is 2.60. The summed E-state index contributed by atoms with van der Waals surface area (Å²) < 4.78 is 5.09. The van der Waals surface area contributed by atoms with Crippen LogP contribution >= 0.6 is 0 Å². The topological polar surface area (TPSA) is 141 Å². The van der Waals surface area contributed by atoms with E-state index in [9.17, 15) is 34.8 Å². The van der Waals surface area contributed by atoms with Crippen molar-refractivity contribution in [3.63, 3.8) is 0 Å². The molecule has 0 spiro atoms. The maximum atomic E-state index is 13.1. The summed E-state index contributed by atoms with van der Waals surface area (Å²) in [5, 5.41) is 42.7. The zero-order valence-corrected chi connectivity index (χ0v) is 14.5. The number of phenolic OH excluding ortho intramolecular Hbond substituents is 1. The van der Waals surface area contributed by atoms with Crippen LogP contribution in [0, 0.1) is 0 Å². The largest absolute Gasteiger partial charge is 0.507 e. The van der Waals surface area contributed by atoms with Crippen LogP contribution in [-0.2, 0) is 9.53 Å². The van der Waals surface area contributed by atoms with Crippen LogP contribution in [0.5, 0.6) is 5.75 Å². The first-order valence-electron chi connectivity index (χ1n) is 8.53. The lowest BCUT2D eigenvalue weighted by Crippen LogP contribution is -2.62. The normalized spacial score (nSPS) is 35.8. The third-order valence-electron chi connectivity index (χ3n) is 5.54. The van der Waals surface area contributed by atoms with Crippen LogP contribution < -0.4 is 0 Å². The number of allylic oxidation sites excluding steroid dienone is 1.